The van der Waals surface area contributed by atoms with Gasteiger partial charge in [0.2, 0.25) is 0 Å². The van der Waals surface area contributed by atoms with Crippen molar-refractivity contribution in [2.24, 2.45) is 0 Å². The Morgan fingerprint density at radius 2 is 1.76 bits per heavy atom. The van der Waals surface area contributed by atoms with Gasteiger partial charge in [-0.05, 0) is 55.5 Å². The maximum absolute atomic E-state index is 12.9. The van der Waals surface area contributed by atoms with Crippen molar-refractivity contribution >= 4 is 11.9 Å². The lowest BCUT2D eigenvalue weighted by Gasteiger charge is -2.24. The highest BCUT2D eigenvalue weighted by Gasteiger charge is 2.31. The van der Waals surface area contributed by atoms with E-state index in [1.165, 1.54) is 7.11 Å². The van der Waals surface area contributed by atoms with E-state index >= 15 is 0 Å². The van der Waals surface area contributed by atoms with Crippen LogP contribution >= 0.6 is 0 Å². The lowest BCUT2D eigenvalue weighted by atomic mass is 9.92. The first-order valence-corrected chi connectivity index (χ1v) is 8.40. The zero-order valence-corrected chi connectivity index (χ0v) is 15.5. The van der Waals surface area contributed by atoms with Crippen molar-refractivity contribution in [2.45, 2.75) is 39.7 Å². The molecule has 2 aromatic carbocycles. The molecular weight excluding hydrogens is 314 g/mol. The molecule has 4 nitrogen and oxygen atoms in total. The third kappa shape index (κ3) is 4.08. The second kappa shape index (κ2) is 7.51. The molecule has 0 atom stereocenters. The summed E-state index contributed by atoms with van der Waals surface area (Å²) in [7, 11) is 1.31. The second-order valence-electron chi connectivity index (χ2n) is 6.62. The maximum Gasteiger partial charge on any atom is 0.330 e. The van der Waals surface area contributed by atoms with Crippen LogP contribution in [0.1, 0.15) is 42.3 Å². The fraction of sp³-hybridized carbons (Fsp3) is 0.333. The number of hydrogen-bond donors (Lipinski definition) is 1. The molecule has 0 aliphatic carbocycles. The Labute approximate surface area is 149 Å². The number of amides is 1. The van der Waals surface area contributed by atoms with E-state index in [0.29, 0.717) is 5.56 Å². The van der Waals surface area contributed by atoms with Crippen LogP contribution in [-0.4, -0.2) is 24.5 Å². The van der Waals surface area contributed by atoms with Gasteiger partial charge < -0.3 is 10.1 Å². The van der Waals surface area contributed by atoms with Gasteiger partial charge in [-0.1, -0.05) is 43.3 Å². The summed E-state index contributed by atoms with van der Waals surface area (Å²) in [5.41, 5.74) is 3.58. The molecule has 0 fully saturated rings. The molecule has 0 unspecified atom stereocenters. The van der Waals surface area contributed by atoms with Crippen LogP contribution in [0.3, 0.4) is 0 Å². The van der Waals surface area contributed by atoms with Crippen LogP contribution in [-0.2, 0) is 16.0 Å². The predicted molar refractivity (Wildman–Crippen MR) is 99.6 cm³/mol. The number of ether oxygens (including phenoxy) is 1. The quantitative estimate of drug-likeness (QED) is 0.841. The van der Waals surface area contributed by atoms with Crippen LogP contribution in [0, 0.1) is 6.92 Å². The monoisotopic (exact) mass is 339 g/mol. The fourth-order valence-corrected chi connectivity index (χ4v) is 2.76. The largest absolute Gasteiger partial charge is 0.467 e. The number of carbonyl (C=O) groups excluding carboxylic acids is 2. The number of nitrogens with one attached hydrogen (secondary N) is 1. The standard InChI is InChI=1S/C21H25NO3/c1-6-15-11-12-17(19(23)22-21(3,4)20(24)25-5)18(13-15)16-10-8-7-9-14(16)2/h7-13H,6H2,1-5H3,(H,22,23). The summed E-state index contributed by atoms with van der Waals surface area (Å²) in [4.78, 5) is 24.7. The molecular formula is C21H25NO3. The molecule has 0 saturated carbocycles. The minimum atomic E-state index is -1.10. The van der Waals surface area contributed by atoms with Gasteiger partial charge in [-0.3, -0.25) is 4.79 Å². The number of rotatable bonds is 5. The van der Waals surface area contributed by atoms with Crippen molar-refractivity contribution in [3.63, 3.8) is 0 Å². The molecule has 25 heavy (non-hydrogen) atoms. The summed E-state index contributed by atoms with van der Waals surface area (Å²) in [5.74, 6) is -0.778. The third-order valence-electron chi connectivity index (χ3n) is 4.29. The minimum absolute atomic E-state index is 0.295. The Kier molecular flexibility index (Phi) is 5.62. The number of esters is 1. The Balaban J connectivity index is 2.49. The van der Waals surface area contributed by atoms with Crippen molar-refractivity contribution in [2.75, 3.05) is 7.11 Å². The smallest absolute Gasteiger partial charge is 0.330 e. The zero-order valence-electron chi connectivity index (χ0n) is 15.5. The van der Waals surface area contributed by atoms with Crippen molar-refractivity contribution in [1.82, 2.24) is 5.32 Å². The van der Waals surface area contributed by atoms with E-state index in [1.807, 2.05) is 49.4 Å². The summed E-state index contributed by atoms with van der Waals surface area (Å²) in [6, 6.07) is 13.8. The lowest BCUT2D eigenvalue weighted by Crippen LogP contribution is -2.50. The Bertz CT molecular complexity index is 793. The van der Waals surface area contributed by atoms with Crippen LogP contribution in [0.2, 0.25) is 0 Å². The van der Waals surface area contributed by atoms with Crippen LogP contribution in [0.15, 0.2) is 42.5 Å². The first-order chi connectivity index (χ1) is 11.8. The normalized spacial score (nSPS) is 11.1. The average molecular weight is 339 g/mol. The SMILES string of the molecule is CCc1ccc(C(=O)NC(C)(C)C(=O)OC)c(-c2ccccc2C)c1. The number of hydrogen-bond acceptors (Lipinski definition) is 3. The molecule has 1 N–H and O–H groups in total. The average Bonchev–Trinajstić information content (AvgIpc) is 2.60. The van der Waals surface area contributed by atoms with Gasteiger partial charge in [0, 0.05) is 5.56 Å². The number of aryl methyl sites for hydroxylation is 2. The summed E-state index contributed by atoms with van der Waals surface area (Å²) >= 11 is 0. The minimum Gasteiger partial charge on any atom is -0.467 e. The van der Waals surface area contributed by atoms with E-state index in [-0.39, 0.29) is 5.91 Å². The Morgan fingerprint density at radius 1 is 1.08 bits per heavy atom. The summed E-state index contributed by atoms with van der Waals surface area (Å²) < 4.78 is 4.77. The van der Waals surface area contributed by atoms with Gasteiger partial charge in [0.05, 0.1) is 7.11 Å². The molecule has 0 radical (unpaired) electrons. The number of benzene rings is 2. The molecule has 0 bridgehead atoms. The van der Waals surface area contributed by atoms with E-state index in [4.69, 9.17) is 4.74 Å². The third-order valence-corrected chi connectivity index (χ3v) is 4.29. The molecule has 2 rings (SSSR count). The highest BCUT2D eigenvalue weighted by atomic mass is 16.5. The molecule has 1 amide bonds. The van der Waals surface area contributed by atoms with Crippen molar-refractivity contribution in [1.29, 1.82) is 0 Å². The second-order valence-corrected chi connectivity index (χ2v) is 6.62. The molecule has 4 heteroatoms. The van der Waals surface area contributed by atoms with Crippen LogP contribution in [0.25, 0.3) is 11.1 Å². The molecule has 0 aliphatic rings. The van der Waals surface area contributed by atoms with E-state index in [9.17, 15) is 9.59 Å². The molecule has 0 spiro atoms. The molecule has 0 aliphatic heterocycles. The van der Waals surface area contributed by atoms with Gasteiger partial charge in [0.15, 0.2) is 0 Å². The van der Waals surface area contributed by atoms with E-state index in [2.05, 4.69) is 12.2 Å². The van der Waals surface area contributed by atoms with Gasteiger partial charge in [0.25, 0.3) is 5.91 Å². The van der Waals surface area contributed by atoms with Gasteiger partial charge in [-0.25, -0.2) is 4.79 Å². The number of methoxy groups -OCH3 is 1. The van der Waals surface area contributed by atoms with Gasteiger partial charge >= 0.3 is 5.97 Å². The highest BCUT2D eigenvalue weighted by molar-refractivity contribution is 6.03. The van der Waals surface area contributed by atoms with Gasteiger partial charge in [-0.15, -0.1) is 0 Å². The van der Waals surface area contributed by atoms with E-state index in [1.54, 1.807) is 13.8 Å². The van der Waals surface area contributed by atoms with Crippen LogP contribution in [0.4, 0.5) is 0 Å². The maximum atomic E-state index is 12.9. The molecule has 2 aromatic rings. The van der Waals surface area contributed by atoms with Crippen molar-refractivity contribution in [3.8, 4) is 11.1 Å². The molecule has 0 aromatic heterocycles. The lowest BCUT2D eigenvalue weighted by molar-refractivity contribution is -0.146. The van der Waals surface area contributed by atoms with E-state index in [0.717, 1.165) is 28.7 Å². The van der Waals surface area contributed by atoms with Gasteiger partial charge in [-0.2, -0.15) is 0 Å². The van der Waals surface area contributed by atoms with Gasteiger partial charge in [0.1, 0.15) is 5.54 Å². The summed E-state index contributed by atoms with van der Waals surface area (Å²) in [5, 5.41) is 2.78. The van der Waals surface area contributed by atoms with Crippen LogP contribution in [0.5, 0.6) is 0 Å². The molecule has 0 saturated heterocycles. The molecule has 132 valence electrons. The zero-order chi connectivity index (χ0) is 18.6. The number of carbonyl (C=O) groups is 2. The predicted octanol–water partition coefficient (Wildman–Crippen LogP) is 3.91. The fourth-order valence-electron chi connectivity index (χ4n) is 2.76. The summed E-state index contributed by atoms with van der Waals surface area (Å²) in [6.45, 7) is 7.36. The van der Waals surface area contributed by atoms with Crippen LogP contribution < -0.4 is 5.32 Å². The topological polar surface area (TPSA) is 55.4 Å². The van der Waals surface area contributed by atoms with Crippen molar-refractivity contribution in [3.05, 3.63) is 59.2 Å². The first kappa shape index (κ1) is 18.7. The van der Waals surface area contributed by atoms with E-state index < -0.39 is 11.5 Å². The Hall–Kier alpha value is -2.62. The Morgan fingerprint density at radius 3 is 2.36 bits per heavy atom. The highest BCUT2D eigenvalue weighted by Crippen LogP contribution is 2.28. The van der Waals surface area contributed by atoms with Crippen molar-refractivity contribution < 1.29 is 14.3 Å². The molecule has 0 heterocycles. The first-order valence-electron chi connectivity index (χ1n) is 8.40. The summed E-state index contributed by atoms with van der Waals surface area (Å²) in [6.07, 6.45) is 0.883.